The van der Waals surface area contributed by atoms with Gasteiger partial charge in [0, 0.05) is 6.54 Å². The van der Waals surface area contributed by atoms with Gasteiger partial charge in [-0.05, 0) is 72.5 Å². The number of primary amides is 1. The molecule has 1 aliphatic heterocycles. The predicted molar refractivity (Wildman–Crippen MR) is 155 cm³/mol. The Hall–Kier alpha value is -3.18. The number of Topliss-reactive ketones (excluding diaryl/α,β-unsaturated/α-hetero) is 1. The van der Waals surface area contributed by atoms with E-state index in [4.69, 9.17) is 10.5 Å². The molecule has 1 unspecified atom stereocenters. The largest absolute Gasteiger partial charge is 0.464 e. The van der Waals surface area contributed by atoms with E-state index in [9.17, 15) is 28.8 Å². The van der Waals surface area contributed by atoms with Crippen LogP contribution in [0.3, 0.4) is 0 Å². The first-order valence-electron chi connectivity index (χ1n) is 15.8. The number of carbonyl (C=O) groups excluding carboxylic acids is 6. The number of carbonyl (C=O) groups is 6. The lowest BCUT2D eigenvalue weighted by atomic mass is 9.85. The van der Waals surface area contributed by atoms with Crippen LogP contribution in [0.2, 0.25) is 0 Å². The molecule has 43 heavy (non-hydrogen) atoms. The summed E-state index contributed by atoms with van der Waals surface area (Å²) in [4.78, 5) is 79.7. The highest BCUT2D eigenvalue weighted by atomic mass is 16.5. The third-order valence-electron chi connectivity index (χ3n) is 10.1. The fraction of sp³-hybridized carbons (Fsp3) is 0.806. The van der Waals surface area contributed by atoms with Gasteiger partial charge >= 0.3 is 12.0 Å². The molecule has 5 amide bonds. The minimum atomic E-state index is -1.10. The number of ketones is 1. The molecule has 1 heterocycles. The van der Waals surface area contributed by atoms with Crippen LogP contribution in [0.4, 0.5) is 4.79 Å². The van der Waals surface area contributed by atoms with Crippen molar-refractivity contribution in [1.29, 1.82) is 0 Å². The first-order valence-corrected chi connectivity index (χ1v) is 15.8. The van der Waals surface area contributed by atoms with Crippen LogP contribution in [-0.2, 0) is 28.7 Å². The maximum absolute atomic E-state index is 14.2. The average Bonchev–Trinajstić information content (AvgIpc) is 3.73. The molecular weight excluding hydrogens is 554 g/mol. The first kappa shape index (κ1) is 31.3. The average molecular weight is 602 g/mol. The third-order valence-corrected chi connectivity index (χ3v) is 10.1. The Balaban J connectivity index is 1.29. The number of fused-ring (bicyclic) bond motifs is 1. The monoisotopic (exact) mass is 601 g/mol. The second-order valence-electron chi connectivity index (χ2n) is 15.2. The summed E-state index contributed by atoms with van der Waals surface area (Å²) in [6, 6.07) is -4.31. The van der Waals surface area contributed by atoms with Crippen LogP contribution in [0.5, 0.6) is 0 Å². The fourth-order valence-corrected chi connectivity index (χ4v) is 6.66. The molecule has 5 N–H and O–H groups in total. The number of hydrogen-bond donors (Lipinski definition) is 4. The van der Waals surface area contributed by atoms with Crippen molar-refractivity contribution in [2.24, 2.45) is 46.2 Å². The molecule has 0 bridgehead atoms. The van der Waals surface area contributed by atoms with Gasteiger partial charge in [-0.3, -0.25) is 19.2 Å². The number of hydrogen-bond acceptors (Lipinski definition) is 7. The summed E-state index contributed by atoms with van der Waals surface area (Å²) in [6.07, 6.45) is 5.89. The summed E-state index contributed by atoms with van der Waals surface area (Å²) < 4.78 is 5.44. The Morgan fingerprint density at radius 1 is 0.930 bits per heavy atom. The number of rotatable bonds is 13. The summed E-state index contributed by atoms with van der Waals surface area (Å²) in [7, 11) is 0. The third kappa shape index (κ3) is 6.98. The molecule has 0 spiro atoms. The van der Waals surface area contributed by atoms with Crippen LogP contribution >= 0.6 is 0 Å². The van der Waals surface area contributed by atoms with Gasteiger partial charge in [-0.2, -0.15) is 0 Å². The quantitative estimate of drug-likeness (QED) is 0.181. The number of nitrogens with two attached hydrogens (primary N) is 1. The van der Waals surface area contributed by atoms with Crippen molar-refractivity contribution in [2.75, 3.05) is 13.2 Å². The molecule has 0 aromatic carbocycles. The van der Waals surface area contributed by atoms with E-state index in [1.165, 1.54) is 4.90 Å². The lowest BCUT2D eigenvalue weighted by Crippen LogP contribution is -2.62. The molecule has 0 aromatic rings. The van der Waals surface area contributed by atoms with Crippen molar-refractivity contribution < 1.29 is 33.5 Å². The van der Waals surface area contributed by atoms with E-state index in [2.05, 4.69) is 16.0 Å². The summed E-state index contributed by atoms with van der Waals surface area (Å²) in [6.45, 7) is 10.3. The van der Waals surface area contributed by atoms with Crippen molar-refractivity contribution in [2.45, 2.75) is 104 Å². The van der Waals surface area contributed by atoms with E-state index in [0.29, 0.717) is 25.5 Å². The standard InChI is InChI=1S/C31H47N5O7/c1-30(2,3)24(35-29(42)34-21(17-10-11-17)28(41)43-14-16-8-9-16)27(40)36-13-18-20(31(18,4)5)22(36)26(39)33-19(12-15-6-7-15)23(37)25(32)38/h15-22,24H,6-14H2,1-5H3,(H2,32,38)(H,33,39)(H2,34,35,42)/t18-,19?,20-,21-,22-,24+/m0/s1. The van der Waals surface area contributed by atoms with Gasteiger partial charge in [0.2, 0.25) is 17.6 Å². The predicted octanol–water partition coefficient (Wildman–Crippen LogP) is 1.25. The summed E-state index contributed by atoms with van der Waals surface area (Å²) in [5.74, 6) is -2.68. The van der Waals surface area contributed by atoms with Crippen molar-refractivity contribution >= 4 is 35.5 Å². The summed E-state index contributed by atoms with van der Waals surface area (Å²) >= 11 is 0. The number of ether oxygens (including phenoxy) is 1. The maximum Gasteiger partial charge on any atom is 0.328 e. The number of piperidine rings is 1. The molecule has 5 aliphatic rings. The highest BCUT2D eigenvalue weighted by Gasteiger charge is 2.70. The molecule has 0 radical (unpaired) electrons. The number of nitrogens with one attached hydrogen (secondary N) is 3. The Bertz CT molecular complexity index is 1180. The van der Waals surface area contributed by atoms with Crippen molar-refractivity contribution in [1.82, 2.24) is 20.9 Å². The zero-order valence-electron chi connectivity index (χ0n) is 25.9. The van der Waals surface area contributed by atoms with Gasteiger partial charge in [-0.1, -0.05) is 47.5 Å². The molecule has 6 atom stereocenters. The number of esters is 1. The van der Waals surface area contributed by atoms with Gasteiger partial charge in [0.15, 0.2) is 0 Å². The topological polar surface area (TPSA) is 177 Å². The number of nitrogens with zero attached hydrogens (tertiary/aromatic N) is 1. The van der Waals surface area contributed by atoms with Gasteiger partial charge < -0.3 is 31.3 Å². The minimum Gasteiger partial charge on any atom is -0.464 e. The molecule has 4 aliphatic carbocycles. The Kier molecular flexibility index (Phi) is 8.28. The lowest BCUT2D eigenvalue weighted by molar-refractivity contribution is -0.147. The lowest BCUT2D eigenvalue weighted by Gasteiger charge is -2.38. The Labute approximate surface area is 252 Å². The Morgan fingerprint density at radius 3 is 2.09 bits per heavy atom. The van der Waals surface area contributed by atoms with Crippen molar-refractivity contribution in [3.05, 3.63) is 0 Å². The summed E-state index contributed by atoms with van der Waals surface area (Å²) in [5.41, 5.74) is 4.37. The molecule has 1 saturated heterocycles. The van der Waals surface area contributed by atoms with E-state index in [1.54, 1.807) is 0 Å². The zero-order valence-corrected chi connectivity index (χ0v) is 25.9. The van der Waals surface area contributed by atoms with Gasteiger partial charge in [-0.25, -0.2) is 9.59 Å². The second kappa shape index (κ2) is 11.4. The summed E-state index contributed by atoms with van der Waals surface area (Å²) in [5, 5.41) is 8.31. The van der Waals surface area contributed by atoms with Crippen LogP contribution in [0, 0.1) is 40.4 Å². The van der Waals surface area contributed by atoms with E-state index in [0.717, 1.165) is 38.5 Å². The number of urea groups is 1. The molecule has 4 saturated carbocycles. The van der Waals surface area contributed by atoms with Crippen LogP contribution in [0.25, 0.3) is 0 Å². The van der Waals surface area contributed by atoms with E-state index >= 15 is 0 Å². The normalized spacial score (nSPS) is 27.7. The van der Waals surface area contributed by atoms with Crippen molar-refractivity contribution in [3.63, 3.8) is 0 Å². The van der Waals surface area contributed by atoms with E-state index < -0.39 is 65.1 Å². The van der Waals surface area contributed by atoms with E-state index in [-0.39, 0.29) is 29.1 Å². The minimum absolute atomic E-state index is 0.00828. The molecule has 12 heteroatoms. The van der Waals surface area contributed by atoms with Gasteiger partial charge in [0.25, 0.3) is 5.91 Å². The second-order valence-corrected chi connectivity index (χ2v) is 15.2. The van der Waals surface area contributed by atoms with Crippen molar-refractivity contribution in [3.8, 4) is 0 Å². The molecule has 5 rings (SSSR count). The molecule has 12 nitrogen and oxygen atoms in total. The molecular formula is C31H47N5O7. The van der Waals surface area contributed by atoms with Gasteiger partial charge in [0.05, 0.1) is 12.6 Å². The van der Waals surface area contributed by atoms with Gasteiger partial charge in [0.1, 0.15) is 18.1 Å². The molecule has 238 valence electrons. The Morgan fingerprint density at radius 2 is 1.56 bits per heavy atom. The highest BCUT2D eigenvalue weighted by Crippen LogP contribution is 2.65. The SMILES string of the molecule is CC(C)(C)[C@H](NC(=O)N[C@H](C(=O)OCC1CC1)C1CC1)C(=O)N1C[C@H]2[C@@H]([C@H]1C(=O)NC(CC1CC1)C(=O)C(N)=O)C2(C)C. The van der Waals surface area contributed by atoms with Crippen LogP contribution in [-0.4, -0.2) is 77.7 Å². The molecule has 5 fully saturated rings. The maximum atomic E-state index is 14.2. The number of amides is 5. The molecule has 0 aromatic heterocycles. The smallest absolute Gasteiger partial charge is 0.328 e. The highest BCUT2D eigenvalue weighted by molar-refractivity contribution is 6.37. The van der Waals surface area contributed by atoms with Crippen LogP contribution < -0.4 is 21.7 Å². The fourth-order valence-electron chi connectivity index (χ4n) is 6.66. The van der Waals surface area contributed by atoms with Crippen LogP contribution in [0.1, 0.15) is 79.6 Å². The van der Waals surface area contributed by atoms with E-state index in [1.807, 2.05) is 34.6 Å². The zero-order chi connectivity index (χ0) is 31.4. The van der Waals surface area contributed by atoms with Gasteiger partial charge in [-0.15, -0.1) is 0 Å². The first-order chi connectivity index (χ1) is 20.1. The van der Waals surface area contributed by atoms with Crippen LogP contribution in [0.15, 0.2) is 0 Å². The number of likely N-dealkylation sites (tertiary alicyclic amines) is 1.